The zero-order valence-electron chi connectivity index (χ0n) is 20.8. The molecule has 1 nitrogen and oxygen atoms in total. The Balaban J connectivity index is 1.57. The minimum absolute atomic E-state index is 0.397. The van der Waals surface area contributed by atoms with E-state index in [1.807, 2.05) is 0 Å². The number of hydrogen-bond donors (Lipinski definition) is 0. The summed E-state index contributed by atoms with van der Waals surface area (Å²) in [7, 11) is 0. The molecule has 2 aromatic carbocycles. The van der Waals surface area contributed by atoms with Crippen molar-refractivity contribution in [3.8, 4) is 0 Å². The van der Waals surface area contributed by atoms with Gasteiger partial charge in [0.25, 0.3) is 0 Å². The van der Waals surface area contributed by atoms with E-state index >= 15 is 0 Å². The van der Waals surface area contributed by atoms with Crippen molar-refractivity contribution in [2.75, 3.05) is 0 Å². The Labute approximate surface area is 196 Å². The van der Waals surface area contributed by atoms with Crippen molar-refractivity contribution in [3.05, 3.63) is 69.8 Å². The Hall–Kier alpha value is -1.89. The van der Waals surface area contributed by atoms with E-state index in [4.69, 9.17) is 0 Å². The van der Waals surface area contributed by atoms with Crippen molar-refractivity contribution in [2.24, 2.45) is 11.8 Å². The summed E-state index contributed by atoms with van der Waals surface area (Å²) in [5, 5.41) is 0. The highest BCUT2D eigenvalue weighted by Crippen LogP contribution is 2.44. The maximum Gasteiger partial charge on any atom is 0.134 e. The Bertz CT molecular complexity index is 852. The molecule has 2 aromatic rings. The summed E-state index contributed by atoms with van der Waals surface area (Å²) in [5.41, 5.74) is 8.24. The van der Waals surface area contributed by atoms with Crippen molar-refractivity contribution in [1.82, 2.24) is 0 Å². The molecule has 2 aliphatic carbocycles. The predicted octanol–water partition coefficient (Wildman–Crippen LogP) is 8.52. The van der Waals surface area contributed by atoms with Crippen molar-refractivity contribution in [1.29, 1.82) is 0 Å². The Morgan fingerprint density at radius 1 is 0.688 bits per heavy atom. The van der Waals surface area contributed by atoms with Crippen LogP contribution in [0.4, 0.5) is 0 Å². The average molecular weight is 431 g/mol. The maximum atomic E-state index is 13.7. The molecule has 2 fully saturated rings. The second-order valence-corrected chi connectivity index (χ2v) is 11.0. The summed E-state index contributed by atoms with van der Waals surface area (Å²) in [4.78, 5) is 13.7. The number of ketones is 1. The van der Waals surface area contributed by atoms with Gasteiger partial charge in [-0.15, -0.1) is 0 Å². The highest BCUT2D eigenvalue weighted by atomic mass is 16.1. The van der Waals surface area contributed by atoms with Crippen molar-refractivity contribution >= 4 is 5.78 Å². The molecule has 0 spiro atoms. The van der Waals surface area contributed by atoms with Crippen molar-refractivity contribution in [2.45, 2.75) is 104 Å². The minimum atomic E-state index is 0.397. The first-order valence-electron chi connectivity index (χ1n) is 13.1. The molecular formula is C31H42O. The van der Waals surface area contributed by atoms with Gasteiger partial charge in [0.1, 0.15) is 5.78 Å². The summed E-state index contributed by atoms with van der Waals surface area (Å²) in [5.74, 6) is 2.62. The molecule has 0 saturated heterocycles. The summed E-state index contributed by atoms with van der Waals surface area (Å²) >= 11 is 0. The second-order valence-electron chi connectivity index (χ2n) is 11.0. The number of carbonyl (C=O) groups is 1. The molecule has 0 N–H and O–H groups in total. The highest BCUT2D eigenvalue weighted by molar-refractivity contribution is 5.80. The van der Waals surface area contributed by atoms with Crippen LogP contribution in [0.5, 0.6) is 0 Å². The highest BCUT2D eigenvalue weighted by Gasteiger charge is 2.33. The summed E-state index contributed by atoms with van der Waals surface area (Å²) in [6, 6.07) is 13.7. The second kappa shape index (κ2) is 10.4. The molecule has 4 rings (SSSR count). The van der Waals surface area contributed by atoms with E-state index in [0.29, 0.717) is 29.5 Å². The van der Waals surface area contributed by atoms with Gasteiger partial charge < -0.3 is 0 Å². The monoisotopic (exact) mass is 430 g/mol. The summed E-state index contributed by atoms with van der Waals surface area (Å²) < 4.78 is 0. The molecule has 0 radical (unpaired) electrons. The van der Waals surface area contributed by atoms with E-state index in [-0.39, 0.29) is 0 Å². The van der Waals surface area contributed by atoms with Crippen molar-refractivity contribution < 1.29 is 4.79 Å². The summed E-state index contributed by atoms with van der Waals surface area (Å²) in [6.07, 6.45) is 11.9. The number of rotatable bonds is 8. The summed E-state index contributed by atoms with van der Waals surface area (Å²) in [6.45, 7) is 8.82. The molecule has 1 heteroatoms. The van der Waals surface area contributed by atoms with Crippen LogP contribution in [-0.4, -0.2) is 5.78 Å². The fraction of sp³-hybridized carbons (Fsp3) is 0.581. The van der Waals surface area contributed by atoms with Gasteiger partial charge in [-0.1, -0.05) is 73.2 Å². The molecule has 0 bridgehead atoms. The van der Waals surface area contributed by atoms with E-state index in [1.165, 1.54) is 84.7 Å². The van der Waals surface area contributed by atoms with Crippen LogP contribution >= 0.6 is 0 Å². The van der Waals surface area contributed by atoms with Gasteiger partial charge in [-0.3, -0.25) is 4.79 Å². The lowest BCUT2D eigenvalue weighted by molar-refractivity contribution is -0.120. The van der Waals surface area contributed by atoms with Crippen LogP contribution in [0, 0.1) is 39.5 Å². The van der Waals surface area contributed by atoms with E-state index < -0.39 is 0 Å². The minimum Gasteiger partial charge on any atom is -0.300 e. The fourth-order valence-corrected chi connectivity index (χ4v) is 6.84. The van der Waals surface area contributed by atoms with Gasteiger partial charge in [0.05, 0.1) is 0 Å². The van der Waals surface area contributed by atoms with E-state index in [1.54, 1.807) is 0 Å². The first kappa shape index (κ1) is 23.3. The molecule has 2 aliphatic rings. The normalized spacial score (nSPS) is 19.4. The van der Waals surface area contributed by atoms with Gasteiger partial charge >= 0.3 is 0 Å². The van der Waals surface area contributed by atoms with Gasteiger partial charge in [-0.25, -0.2) is 0 Å². The SMILES string of the molecule is Cc1ccc(C(CC(=O)CC(c2ccc(C)cc2C)C2CCCC2)C2CCCC2)c(C)c1. The molecule has 0 amide bonds. The number of hydrogen-bond acceptors (Lipinski definition) is 1. The average Bonchev–Trinajstić information content (AvgIpc) is 3.45. The predicted molar refractivity (Wildman–Crippen MR) is 135 cm³/mol. The third-order valence-electron chi connectivity index (χ3n) is 8.48. The largest absolute Gasteiger partial charge is 0.300 e. The van der Waals surface area contributed by atoms with Gasteiger partial charge in [-0.05, 0) is 99.3 Å². The number of benzene rings is 2. The van der Waals surface area contributed by atoms with Crippen LogP contribution in [0.1, 0.15) is 109 Å². The van der Waals surface area contributed by atoms with Crippen LogP contribution in [0.3, 0.4) is 0 Å². The Morgan fingerprint density at radius 2 is 1.06 bits per heavy atom. The lowest BCUT2D eigenvalue weighted by atomic mass is 9.75. The molecule has 172 valence electrons. The molecule has 2 saturated carbocycles. The first-order valence-corrected chi connectivity index (χ1v) is 13.1. The number of carbonyl (C=O) groups excluding carboxylic acids is 1. The van der Waals surface area contributed by atoms with Crippen molar-refractivity contribution in [3.63, 3.8) is 0 Å². The molecule has 0 heterocycles. The van der Waals surface area contributed by atoms with Crippen LogP contribution in [0.2, 0.25) is 0 Å². The van der Waals surface area contributed by atoms with E-state index in [0.717, 1.165) is 12.8 Å². The fourth-order valence-electron chi connectivity index (χ4n) is 6.84. The van der Waals surface area contributed by atoms with Gasteiger partial charge in [0.15, 0.2) is 0 Å². The van der Waals surface area contributed by atoms with Gasteiger partial charge in [0.2, 0.25) is 0 Å². The van der Waals surface area contributed by atoms with E-state index in [9.17, 15) is 4.79 Å². The zero-order valence-corrected chi connectivity index (χ0v) is 20.8. The topological polar surface area (TPSA) is 17.1 Å². The molecule has 0 aromatic heterocycles. The first-order chi connectivity index (χ1) is 15.4. The lowest BCUT2D eigenvalue weighted by Gasteiger charge is -2.28. The smallest absolute Gasteiger partial charge is 0.134 e. The van der Waals surface area contributed by atoms with Crippen LogP contribution in [0.25, 0.3) is 0 Å². The third-order valence-corrected chi connectivity index (χ3v) is 8.48. The lowest BCUT2D eigenvalue weighted by Crippen LogP contribution is -2.20. The van der Waals surface area contributed by atoms with Crippen LogP contribution < -0.4 is 0 Å². The van der Waals surface area contributed by atoms with E-state index in [2.05, 4.69) is 64.1 Å². The van der Waals surface area contributed by atoms with Gasteiger partial charge in [0, 0.05) is 12.8 Å². The van der Waals surface area contributed by atoms with Crippen LogP contribution in [-0.2, 0) is 4.79 Å². The Kier molecular flexibility index (Phi) is 7.54. The maximum absolute atomic E-state index is 13.7. The number of aryl methyl sites for hydroxylation is 4. The standard InChI is InChI=1S/C31H42O/c1-21-13-15-28(23(3)17-21)30(25-9-5-6-10-25)19-27(32)20-31(26-11-7-8-12-26)29-16-14-22(2)18-24(29)4/h13-18,25-26,30-31H,5-12,19-20H2,1-4H3. The quantitative estimate of drug-likeness (QED) is 0.410. The number of Topliss-reactive ketones (excluding diaryl/α,β-unsaturated/α-hetero) is 1. The Morgan fingerprint density at radius 3 is 1.41 bits per heavy atom. The molecule has 2 unspecified atom stereocenters. The zero-order chi connectivity index (χ0) is 22.7. The van der Waals surface area contributed by atoms with Crippen LogP contribution in [0.15, 0.2) is 36.4 Å². The third kappa shape index (κ3) is 5.36. The molecular weight excluding hydrogens is 388 g/mol. The molecule has 0 aliphatic heterocycles. The molecule has 2 atom stereocenters. The van der Waals surface area contributed by atoms with Gasteiger partial charge in [-0.2, -0.15) is 0 Å². The molecule has 32 heavy (non-hydrogen) atoms.